The maximum absolute atomic E-state index is 8.35. The zero-order valence-corrected chi connectivity index (χ0v) is 5.48. The molecule has 0 bridgehead atoms. The van der Waals surface area contributed by atoms with Gasteiger partial charge in [0.2, 0.25) is 0 Å². The van der Waals surface area contributed by atoms with Crippen molar-refractivity contribution in [3.63, 3.8) is 0 Å². The van der Waals surface area contributed by atoms with Crippen molar-refractivity contribution in [3.8, 4) is 0 Å². The molecular weight excluding hydrogens is 100 g/mol. The number of unbranched alkanes of at least 4 members (excludes halogenated alkanes) is 2. The summed E-state index contributed by atoms with van der Waals surface area (Å²) in [6, 6.07) is 0. The van der Waals surface area contributed by atoms with Gasteiger partial charge in [0.25, 0.3) is 0 Å². The van der Waals surface area contributed by atoms with Crippen LogP contribution in [-0.2, 0) is 0 Å². The van der Waals surface area contributed by atoms with Gasteiger partial charge >= 0.3 is 0 Å². The van der Waals surface area contributed by atoms with Crippen LogP contribution >= 0.6 is 0 Å². The van der Waals surface area contributed by atoms with Gasteiger partial charge in [-0.15, -0.1) is 5.73 Å². The standard InChI is InChI=1S/C6H14N2/c1-8-6-4-2-3-5-7/h8H,2-6H2,1H3. The molecular formula is C6H14N2. The number of nitrogens with one attached hydrogen (secondary N) is 1. The fourth-order valence-corrected chi connectivity index (χ4v) is 0.590. The summed E-state index contributed by atoms with van der Waals surface area (Å²) in [5.74, 6) is 0. The fourth-order valence-electron chi connectivity index (χ4n) is 0.590. The Balaban J connectivity index is 2.53. The van der Waals surface area contributed by atoms with Crippen LogP contribution in [-0.4, -0.2) is 20.1 Å². The van der Waals surface area contributed by atoms with E-state index in [1.54, 1.807) is 0 Å². The molecule has 0 rings (SSSR count). The zero-order chi connectivity index (χ0) is 6.24. The van der Waals surface area contributed by atoms with E-state index in [2.05, 4.69) is 5.32 Å². The van der Waals surface area contributed by atoms with Gasteiger partial charge < -0.3 is 5.32 Å². The molecule has 0 unspecified atom stereocenters. The maximum atomic E-state index is 8.35. The van der Waals surface area contributed by atoms with E-state index in [-0.39, 0.29) is 0 Å². The summed E-state index contributed by atoms with van der Waals surface area (Å²) in [7, 11) is 1.94. The SMILES string of the molecule is CNCCCCC[N]. The van der Waals surface area contributed by atoms with E-state index < -0.39 is 0 Å². The normalized spacial score (nSPS) is 9.75. The van der Waals surface area contributed by atoms with Crippen LogP contribution in [0.5, 0.6) is 0 Å². The minimum atomic E-state index is 0.337. The van der Waals surface area contributed by atoms with Gasteiger partial charge in [-0.25, -0.2) is 0 Å². The van der Waals surface area contributed by atoms with E-state index in [9.17, 15) is 0 Å². The van der Waals surface area contributed by atoms with Crippen LogP contribution in [0.2, 0.25) is 0 Å². The Hall–Kier alpha value is -0.0800. The molecule has 0 aromatic rings. The van der Waals surface area contributed by atoms with Crippen LogP contribution in [0.1, 0.15) is 19.3 Å². The first-order chi connectivity index (χ1) is 3.91. The third kappa shape index (κ3) is 5.92. The van der Waals surface area contributed by atoms with E-state index in [0.717, 1.165) is 19.4 Å². The molecule has 8 heavy (non-hydrogen) atoms. The molecule has 2 nitrogen and oxygen atoms in total. The summed E-state index contributed by atoms with van der Waals surface area (Å²) >= 11 is 0. The first-order valence-electron chi connectivity index (χ1n) is 3.17. The van der Waals surface area contributed by atoms with Crippen molar-refractivity contribution in [1.82, 2.24) is 11.1 Å². The molecule has 0 aliphatic carbocycles. The van der Waals surface area contributed by atoms with Crippen molar-refractivity contribution in [2.24, 2.45) is 0 Å². The molecule has 1 N–H and O–H groups in total. The maximum Gasteiger partial charge on any atom is 0.0321 e. The van der Waals surface area contributed by atoms with Gasteiger partial charge in [-0.2, -0.15) is 0 Å². The Labute approximate surface area is 51.5 Å². The molecule has 2 heteroatoms. The number of nitrogens with zero attached hydrogens (tertiary/aromatic N) is 1. The first kappa shape index (κ1) is 7.92. The lowest BCUT2D eigenvalue weighted by atomic mass is 10.2. The lowest BCUT2D eigenvalue weighted by Crippen LogP contribution is -2.07. The van der Waals surface area contributed by atoms with E-state index >= 15 is 0 Å². The van der Waals surface area contributed by atoms with Crippen molar-refractivity contribution in [1.29, 1.82) is 0 Å². The van der Waals surface area contributed by atoms with Crippen LogP contribution in [0.15, 0.2) is 0 Å². The second-order valence-electron chi connectivity index (χ2n) is 1.89. The molecule has 0 aliphatic heterocycles. The summed E-state index contributed by atoms with van der Waals surface area (Å²) in [5.41, 5.74) is 8.35. The van der Waals surface area contributed by atoms with Crippen molar-refractivity contribution < 1.29 is 0 Å². The Bertz CT molecular complexity index is 31.5. The Morgan fingerprint density at radius 1 is 1.25 bits per heavy atom. The Morgan fingerprint density at radius 3 is 2.50 bits per heavy atom. The molecule has 0 aliphatic rings. The van der Waals surface area contributed by atoms with E-state index in [4.69, 9.17) is 5.73 Å². The predicted octanol–water partition coefficient (Wildman–Crippen LogP) is 0.445. The highest BCUT2D eigenvalue weighted by Gasteiger charge is 1.83. The number of hydrogen-bond acceptors (Lipinski definition) is 1. The predicted molar refractivity (Wildman–Crippen MR) is 34.8 cm³/mol. The third-order valence-electron chi connectivity index (χ3n) is 1.08. The second-order valence-corrected chi connectivity index (χ2v) is 1.89. The summed E-state index contributed by atoms with van der Waals surface area (Å²) in [4.78, 5) is 0. The zero-order valence-electron chi connectivity index (χ0n) is 5.48. The van der Waals surface area contributed by atoms with Crippen molar-refractivity contribution in [2.45, 2.75) is 19.3 Å². The van der Waals surface area contributed by atoms with Gasteiger partial charge in [-0.3, -0.25) is 0 Å². The second kappa shape index (κ2) is 6.92. The highest BCUT2D eigenvalue weighted by molar-refractivity contribution is 4.43. The van der Waals surface area contributed by atoms with Gasteiger partial charge in [0.05, 0.1) is 0 Å². The van der Waals surface area contributed by atoms with Crippen LogP contribution in [0.25, 0.3) is 0 Å². The molecule has 0 aromatic carbocycles. The van der Waals surface area contributed by atoms with E-state index in [0.29, 0.717) is 6.54 Å². The molecule has 0 amide bonds. The minimum Gasteiger partial charge on any atom is -0.320 e. The summed E-state index contributed by atoms with van der Waals surface area (Å²) < 4.78 is 0. The Morgan fingerprint density at radius 2 is 2.00 bits per heavy atom. The molecule has 2 radical (unpaired) electrons. The fraction of sp³-hybridized carbons (Fsp3) is 1.00. The summed E-state index contributed by atoms with van der Waals surface area (Å²) in [5, 5.41) is 3.04. The minimum absolute atomic E-state index is 0.337. The van der Waals surface area contributed by atoms with Crippen molar-refractivity contribution in [2.75, 3.05) is 20.1 Å². The molecule has 0 spiro atoms. The van der Waals surface area contributed by atoms with Gasteiger partial charge in [-0.05, 0) is 26.4 Å². The van der Waals surface area contributed by atoms with Gasteiger partial charge in [0.1, 0.15) is 0 Å². The van der Waals surface area contributed by atoms with E-state index in [1.807, 2.05) is 7.05 Å². The molecule has 0 heterocycles. The van der Waals surface area contributed by atoms with Gasteiger partial charge in [-0.1, -0.05) is 6.42 Å². The average Bonchev–Trinajstić information content (AvgIpc) is 1.81. The first-order valence-corrected chi connectivity index (χ1v) is 3.17. The third-order valence-corrected chi connectivity index (χ3v) is 1.08. The summed E-state index contributed by atoms with van der Waals surface area (Å²) in [6.45, 7) is 1.41. The molecule has 0 fully saturated rings. The topological polar surface area (TPSA) is 34.3 Å². The molecule has 0 atom stereocenters. The highest BCUT2D eigenvalue weighted by atomic mass is 14.8. The average molecular weight is 114 g/mol. The molecule has 0 saturated heterocycles. The number of rotatable bonds is 5. The van der Waals surface area contributed by atoms with Gasteiger partial charge in [0.15, 0.2) is 0 Å². The monoisotopic (exact) mass is 114 g/mol. The van der Waals surface area contributed by atoms with Crippen LogP contribution in [0.4, 0.5) is 0 Å². The molecule has 0 saturated carbocycles. The van der Waals surface area contributed by atoms with Crippen LogP contribution in [0, 0.1) is 0 Å². The number of hydrogen-bond donors (Lipinski definition) is 1. The highest BCUT2D eigenvalue weighted by Crippen LogP contribution is 1.90. The van der Waals surface area contributed by atoms with Gasteiger partial charge in [0, 0.05) is 6.54 Å². The Kier molecular flexibility index (Phi) is 6.85. The lowest BCUT2D eigenvalue weighted by molar-refractivity contribution is 0.644. The quantitative estimate of drug-likeness (QED) is 0.517. The van der Waals surface area contributed by atoms with Crippen molar-refractivity contribution in [3.05, 3.63) is 0 Å². The summed E-state index contributed by atoms with van der Waals surface area (Å²) in [6.07, 6.45) is 3.26. The van der Waals surface area contributed by atoms with Crippen LogP contribution in [0.3, 0.4) is 0 Å². The largest absolute Gasteiger partial charge is 0.320 e. The lowest BCUT2D eigenvalue weighted by Gasteiger charge is -1.94. The molecule has 0 aromatic heterocycles. The molecule has 48 valence electrons. The van der Waals surface area contributed by atoms with Crippen LogP contribution < -0.4 is 11.1 Å². The van der Waals surface area contributed by atoms with Crippen molar-refractivity contribution >= 4 is 0 Å². The smallest absolute Gasteiger partial charge is 0.0321 e. The van der Waals surface area contributed by atoms with E-state index in [1.165, 1.54) is 6.42 Å².